The number of hydrogen-bond acceptors (Lipinski definition) is 8. The number of aliphatic carboxylic acids is 1. The highest BCUT2D eigenvalue weighted by Gasteiger charge is 2.22. The number of esters is 2. The van der Waals surface area contributed by atoms with Crippen molar-refractivity contribution in [1.82, 2.24) is 9.13 Å². The van der Waals surface area contributed by atoms with Crippen molar-refractivity contribution in [3.63, 3.8) is 0 Å². The molecule has 8 rings (SSSR count). The van der Waals surface area contributed by atoms with Gasteiger partial charge in [-0.15, -0.1) is 0 Å². The van der Waals surface area contributed by atoms with Crippen LogP contribution in [0.2, 0.25) is 0 Å². The summed E-state index contributed by atoms with van der Waals surface area (Å²) < 4.78 is 68.0. The Labute approximate surface area is 467 Å². The maximum absolute atomic E-state index is 13.7. The summed E-state index contributed by atoms with van der Waals surface area (Å²) in [6, 6.07) is 12.1. The number of rotatable bonds is 8. The Bertz CT molecular complexity index is 3240. The topological polar surface area (TPSA) is 151 Å². The Morgan fingerprint density at radius 3 is 1.45 bits per heavy atom. The second kappa shape index (κ2) is 26.2. The molecule has 1 N–H and O–H groups in total. The lowest BCUT2D eigenvalue weighted by Crippen LogP contribution is -2.26. The summed E-state index contributed by atoms with van der Waals surface area (Å²) in [5.41, 5.74) is 5.43. The molecule has 0 saturated heterocycles. The lowest BCUT2D eigenvalue weighted by Gasteiger charge is -2.19. The molecule has 0 bridgehead atoms. The molecule has 2 heterocycles. The summed E-state index contributed by atoms with van der Waals surface area (Å²) in [6.45, 7) is 14.8. The summed E-state index contributed by atoms with van der Waals surface area (Å²) in [6.07, 6.45) is 10.5. The lowest BCUT2D eigenvalue weighted by molar-refractivity contribution is -0.155. The predicted molar refractivity (Wildman–Crippen MR) is 296 cm³/mol. The highest BCUT2D eigenvalue weighted by atomic mass is 79.9. The summed E-state index contributed by atoms with van der Waals surface area (Å²) in [5, 5.41) is 9.98. The predicted octanol–water partition coefficient (Wildman–Crippen LogP) is 14.9. The Morgan fingerprint density at radius 1 is 0.581 bits per heavy atom. The van der Waals surface area contributed by atoms with Crippen LogP contribution in [0.15, 0.2) is 91.0 Å². The fourth-order valence-electron chi connectivity index (χ4n) is 7.33. The molecule has 2 aliphatic carbocycles. The first-order valence-corrected chi connectivity index (χ1v) is 26.6. The van der Waals surface area contributed by atoms with Crippen LogP contribution in [0.1, 0.15) is 105 Å². The molecule has 2 aromatic heterocycles. The normalized spacial score (nSPS) is 12.1. The molecule has 6 aromatic rings. The number of carbonyl (C=O) groups excluding carboxylic acids is 5. The van der Waals surface area contributed by atoms with Crippen LogP contribution in [-0.4, -0.2) is 66.0 Å². The van der Waals surface area contributed by atoms with Crippen molar-refractivity contribution >= 4 is 148 Å². The third-order valence-electron chi connectivity index (χ3n) is 10.3. The van der Waals surface area contributed by atoms with Crippen LogP contribution in [0.25, 0.3) is 33.5 Å². The average Bonchev–Trinajstić information content (AvgIpc) is 4.06. The molecule has 0 spiro atoms. The number of hydrogen-bond donors (Lipinski definition) is 1. The van der Waals surface area contributed by atoms with Crippen LogP contribution in [0.3, 0.4) is 0 Å². The largest absolute Gasteiger partial charge is 0.480 e. The molecular weight excluding hydrogens is 1300 g/mol. The highest BCUT2D eigenvalue weighted by Crippen LogP contribution is 2.33. The zero-order chi connectivity index (χ0) is 55.7. The number of aromatic nitrogens is 2. The van der Waals surface area contributed by atoms with Crippen molar-refractivity contribution in [2.24, 2.45) is 0 Å². The molecular formula is C54H51Br5F4N2O9. The molecule has 0 radical (unpaired) electrons. The van der Waals surface area contributed by atoms with Gasteiger partial charge in [0.05, 0.1) is 28.9 Å². The summed E-state index contributed by atoms with van der Waals surface area (Å²) in [5.74, 6) is -3.54. The van der Waals surface area contributed by atoms with Gasteiger partial charge in [-0.2, -0.15) is 0 Å². The number of allylic oxidation sites excluding steroid dienone is 3. The van der Waals surface area contributed by atoms with Gasteiger partial charge in [0.15, 0.2) is 17.3 Å². The van der Waals surface area contributed by atoms with Gasteiger partial charge < -0.3 is 23.7 Å². The van der Waals surface area contributed by atoms with Crippen LogP contribution in [-0.2, 0) is 54.6 Å². The van der Waals surface area contributed by atoms with Gasteiger partial charge in [0.1, 0.15) is 52.9 Å². The molecule has 0 atom stereocenters. The van der Waals surface area contributed by atoms with E-state index in [0.717, 1.165) is 23.1 Å². The molecule has 0 unspecified atom stereocenters. The van der Waals surface area contributed by atoms with Crippen molar-refractivity contribution in [3.8, 4) is 0 Å². The Morgan fingerprint density at radius 2 is 1.01 bits per heavy atom. The monoisotopic (exact) mass is 1340 g/mol. The Kier molecular flexibility index (Phi) is 21.7. The van der Waals surface area contributed by atoms with Crippen LogP contribution >= 0.6 is 79.6 Å². The number of benzene rings is 4. The van der Waals surface area contributed by atoms with E-state index in [1.807, 2.05) is 45.1 Å². The molecule has 11 nitrogen and oxygen atoms in total. The molecule has 0 amide bonds. The van der Waals surface area contributed by atoms with Gasteiger partial charge in [0.25, 0.3) is 0 Å². The third kappa shape index (κ3) is 17.3. The maximum Gasteiger partial charge on any atom is 0.326 e. The minimum Gasteiger partial charge on any atom is -0.480 e. The lowest BCUT2D eigenvalue weighted by atomic mass is 10.0. The minimum atomic E-state index is -1.03. The van der Waals surface area contributed by atoms with E-state index in [2.05, 4.69) is 79.6 Å². The van der Waals surface area contributed by atoms with Gasteiger partial charge in [-0.25, -0.2) is 17.6 Å². The molecule has 0 fully saturated rings. The zero-order valence-corrected chi connectivity index (χ0v) is 49.5. The highest BCUT2D eigenvalue weighted by molar-refractivity contribution is 9.11. The number of fused-ring (bicyclic) bond motifs is 4. The molecule has 74 heavy (non-hydrogen) atoms. The van der Waals surface area contributed by atoms with Crippen molar-refractivity contribution in [3.05, 3.63) is 148 Å². The van der Waals surface area contributed by atoms with E-state index in [-0.39, 0.29) is 67.9 Å². The van der Waals surface area contributed by atoms with Crippen LogP contribution in [0.5, 0.6) is 0 Å². The van der Waals surface area contributed by atoms with E-state index < -0.39 is 29.2 Å². The van der Waals surface area contributed by atoms with Crippen molar-refractivity contribution in [1.29, 1.82) is 0 Å². The van der Waals surface area contributed by atoms with Crippen LogP contribution in [0, 0.1) is 23.3 Å². The fourth-order valence-corrected chi connectivity index (χ4v) is 8.89. The zero-order valence-electron chi connectivity index (χ0n) is 41.6. The molecule has 0 aliphatic heterocycles. The SMILES string of the molecule is CC(=O)C1=CCc2cc(Br)c(F)cc21.CC(=O)c1cn(CC(=O)O)c2cc(Br)c(F)cc12.CC(=O)c1cn(CC(=O)OC(C)(C)C)c2cc(Br)c(F)cc12.CC(C)(C)OC(=O)CBr.Fc1cc2c(cc1Br)CC=C2. The Hall–Kier alpha value is -5.02. The number of alkyl halides is 1. The standard InChI is InChI=1S/C16H17BrFNO3.C12H9BrFNO3.C11H8BrFO.C9H6BrF.C6H11BrO2/c1-9(20)11-7-19(8-15(21)22-16(2,3)4)14-6-12(17)13(18)5-10(11)14;1-6(16)8-4-15(5-12(17)18)11-3-9(13)10(14)2-7(8)11;1-6(14)8-3-2-7-4-10(12)11(13)5-9(7)8;10-8-4-6-2-1-3-7(6)5-9(8)11;1-6(2,3)9-5(8)4-7/h5-7H,8H2,1-4H3;2-4H,5H2,1H3,(H,17,18);3-5H,2H2,1H3;1,3-5H,2H2;4H2,1-3H3. The van der Waals surface area contributed by atoms with E-state index in [1.165, 1.54) is 61.4 Å². The van der Waals surface area contributed by atoms with Crippen LogP contribution in [0.4, 0.5) is 17.6 Å². The number of ketones is 3. The smallest absolute Gasteiger partial charge is 0.326 e. The van der Waals surface area contributed by atoms with Crippen molar-refractivity contribution in [2.45, 2.75) is 99.4 Å². The second-order valence-corrected chi connectivity index (χ2v) is 22.6. The second-order valence-electron chi connectivity index (χ2n) is 18.6. The average molecular weight is 1350 g/mol. The van der Waals surface area contributed by atoms with E-state index in [4.69, 9.17) is 14.6 Å². The van der Waals surface area contributed by atoms with E-state index in [0.29, 0.717) is 53.9 Å². The maximum atomic E-state index is 13.7. The number of Topliss-reactive ketones (excluding diaryl/α,β-unsaturated/α-hetero) is 3. The summed E-state index contributed by atoms with van der Waals surface area (Å²) >= 11 is 15.4. The van der Waals surface area contributed by atoms with Gasteiger partial charge in [0.2, 0.25) is 0 Å². The van der Waals surface area contributed by atoms with Gasteiger partial charge in [-0.3, -0.25) is 28.8 Å². The number of ether oxygens (including phenoxy) is 2. The number of carboxylic acid groups (broad SMARTS) is 1. The molecule has 394 valence electrons. The van der Waals surface area contributed by atoms with Gasteiger partial charge in [0, 0.05) is 39.9 Å². The summed E-state index contributed by atoms with van der Waals surface area (Å²) in [4.78, 5) is 67.7. The van der Waals surface area contributed by atoms with Crippen molar-refractivity contribution < 1.29 is 60.9 Å². The quantitative estimate of drug-likeness (QED) is 0.0680. The van der Waals surface area contributed by atoms with E-state index >= 15 is 0 Å². The first-order chi connectivity index (χ1) is 34.3. The minimum absolute atomic E-state index is 0.00882. The van der Waals surface area contributed by atoms with Gasteiger partial charge >= 0.3 is 17.9 Å². The van der Waals surface area contributed by atoms with Gasteiger partial charge in [-0.05, 0) is 210 Å². The van der Waals surface area contributed by atoms with Gasteiger partial charge in [-0.1, -0.05) is 34.2 Å². The van der Waals surface area contributed by atoms with Crippen molar-refractivity contribution in [2.75, 3.05) is 5.33 Å². The van der Waals surface area contributed by atoms with Crippen LogP contribution < -0.4 is 0 Å². The molecule has 2 aliphatic rings. The Balaban J connectivity index is 0.000000207. The molecule has 4 aromatic carbocycles. The molecule has 20 heteroatoms. The third-order valence-corrected chi connectivity index (χ3v) is 13.2. The fraction of sp³-hybridized carbons (Fsp3) is 0.296. The first-order valence-electron chi connectivity index (χ1n) is 22.3. The summed E-state index contributed by atoms with van der Waals surface area (Å²) in [7, 11) is 0. The molecule has 0 saturated carbocycles. The number of carbonyl (C=O) groups is 6. The van der Waals surface area contributed by atoms with E-state index in [1.54, 1.807) is 49.7 Å². The number of nitrogens with zero attached hydrogens (tertiary/aromatic N) is 2. The number of carboxylic acids is 1. The number of halogens is 9. The first kappa shape index (κ1) is 61.5. The van der Waals surface area contributed by atoms with E-state index in [9.17, 15) is 46.3 Å².